The molecular formula is C11H14F3NS. The lowest BCUT2D eigenvalue weighted by Crippen LogP contribution is -2.25. The Hall–Kier alpha value is -0.680. The third kappa shape index (κ3) is 6.02. The summed E-state index contributed by atoms with van der Waals surface area (Å²) >= 11 is 1.49. The number of nitrogens with two attached hydrogens (primary N) is 1. The van der Waals surface area contributed by atoms with Gasteiger partial charge in [-0.25, -0.2) is 0 Å². The molecule has 0 radical (unpaired) electrons. The molecule has 0 saturated carbocycles. The van der Waals surface area contributed by atoms with E-state index in [0.717, 1.165) is 4.90 Å². The molecule has 1 unspecified atom stereocenters. The highest BCUT2D eigenvalue weighted by Crippen LogP contribution is 2.24. The number of benzene rings is 1. The van der Waals surface area contributed by atoms with Crippen LogP contribution >= 0.6 is 11.8 Å². The lowest BCUT2D eigenvalue weighted by atomic mass is 10.2. The molecule has 0 aromatic heterocycles. The Morgan fingerprint density at radius 2 is 1.81 bits per heavy atom. The Bertz CT molecular complexity index is 300. The Balaban J connectivity index is 2.23. The molecule has 0 spiro atoms. The van der Waals surface area contributed by atoms with Crippen LogP contribution in [0.2, 0.25) is 0 Å². The monoisotopic (exact) mass is 249 g/mol. The van der Waals surface area contributed by atoms with Crippen LogP contribution in [-0.2, 0) is 0 Å². The molecular weight excluding hydrogens is 235 g/mol. The zero-order valence-electron chi connectivity index (χ0n) is 8.70. The van der Waals surface area contributed by atoms with Crippen LogP contribution < -0.4 is 5.73 Å². The van der Waals surface area contributed by atoms with Crippen molar-refractivity contribution in [3.8, 4) is 0 Å². The predicted octanol–water partition coefficient (Wildman–Crippen LogP) is 3.45. The van der Waals surface area contributed by atoms with Crippen LogP contribution in [0.25, 0.3) is 0 Å². The average Bonchev–Trinajstić information content (AvgIpc) is 2.24. The fourth-order valence-corrected chi connectivity index (χ4v) is 2.08. The molecule has 5 heteroatoms. The van der Waals surface area contributed by atoms with E-state index in [-0.39, 0.29) is 6.42 Å². The van der Waals surface area contributed by atoms with E-state index in [0.29, 0.717) is 5.75 Å². The second-order valence-corrected chi connectivity index (χ2v) is 4.63. The van der Waals surface area contributed by atoms with Gasteiger partial charge in [0.2, 0.25) is 0 Å². The summed E-state index contributed by atoms with van der Waals surface area (Å²) in [6.45, 7) is 0. The molecule has 1 aromatic rings. The van der Waals surface area contributed by atoms with Crippen LogP contribution in [0.5, 0.6) is 0 Å². The first-order valence-electron chi connectivity index (χ1n) is 4.97. The summed E-state index contributed by atoms with van der Waals surface area (Å²) in [7, 11) is 0. The molecule has 0 fully saturated rings. The molecule has 1 atom stereocenters. The molecule has 0 bridgehead atoms. The maximum absolute atomic E-state index is 11.9. The van der Waals surface area contributed by atoms with Crippen LogP contribution in [0.4, 0.5) is 13.2 Å². The van der Waals surface area contributed by atoms with Crippen molar-refractivity contribution >= 4 is 11.8 Å². The fraction of sp³-hybridized carbons (Fsp3) is 0.455. The summed E-state index contributed by atoms with van der Waals surface area (Å²) in [4.78, 5) is 1.03. The Morgan fingerprint density at radius 3 is 2.38 bits per heavy atom. The first kappa shape index (κ1) is 13.4. The SMILES string of the molecule is NC(CCC(F)(F)F)CSc1ccccc1. The molecule has 2 N–H and O–H groups in total. The van der Waals surface area contributed by atoms with E-state index in [1.165, 1.54) is 11.8 Å². The number of hydrogen-bond donors (Lipinski definition) is 1. The van der Waals surface area contributed by atoms with E-state index < -0.39 is 18.6 Å². The highest BCUT2D eigenvalue weighted by Gasteiger charge is 2.27. The summed E-state index contributed by atoms with van der Waals surface area (Å²) in [5.41, 5.74) is 5.61. The van der Waals surface area contributed by atoms with Gasteiger partial charge in [0.1, 0.15) is 0 Å². The Morgan fingerprint density at radius 1 is 1.19 bits per heavy atom. The average molecular weight is 249 g/mol. The van der Waals surface area contributed by atoms with Crippen molar-refractivity contribution in [1.82, 2.24) is 0 Å². The minimum Gasteiger partial charge on any atom is -0.327 e. The third-order valence-electron chi connectivity index (χ3n) is 2.01. The van der Waals surface area contributed by atoms with Crippen LogP contribution in [-0.4, -0.2) is 18.0 Å². The van der Waals surface area contributed by atoms with Crippen LogP contribution in [0.15, 0.2) is 35.2 Å². The van der Waals surface area contributed by atoms with Gasteiger partial charge in [-0.15, -0.1) is 11.8 Å². The van der Waals surface area contributed by atoms with Gasteiger partial charge in [-0.1, -0.05) is 18.2 Å². The Labute approximate surface area is 97.2 Å². The van der Waals surface area contributed by atoms with Gasteiger partial charge in [0, 0.05) is 23.1 Å². The maximum Gasteiger partial charge on any atom is 0.389 e. The lowest BCUT2D eigenvalue weighted by molar-refractivity contribution is -0.136. The standard InChI is InChI=1S/C11H14F3NS/c12-11(13,14)7-6-9(15)8-16-10-4-2-1-3-5-10/h1-5,9H,6-8,15H2. The first-order valence-corrected chi connectivity index (χ1v) is 5.96. The van der Waals surface area contributed by atoms with Crippen LogP contribution in [0, 0.1) is 0 Å². The van der Waals surface area contributed by atoms with Gasteiger partial charge < -0.3 is 5.73 Å². The van der Waals surface area contributed by atoms with E-state index in [4.69, 9.17) is 5.73 Å². The van der Waals surface area contributed by atoms with E-state index >= 15 is 0 Å². The van der Waals surface area contributed by atoms with Gasteiger partial charge in [-0.2, -0.15) is 13.2 Å². The second kappa shape index (κ2) is 6.15. The fourth-order valence-electron chi connectivity index (χ4n) is 1.15. The summed E-state index contributed by atoms with van der Waals surface area (Å²) in [6, 6.07) is 9.11. The van der Waals surface area contributed by atoms with Crippen molar-refractivity contribution in [2.45, 2.75) is 30.0 Å². The quantitative estimate of drug-likeness (QED) is 0.809. The van der Waals surface area contributed by atoms with E-state index in [9.17, 15) is 13.2 Å². The number of hydrogen-bond acceptors (Lipinski definition) is 2. The minimum absolute atomic E-state index is 0.0106. The van der Waals surface area contributed by atoms with Gasteiger partial charge in [0.25, 0.3) is 0 Å². The largest absolute Gasteiger partial charge is 0.389 e. The van der Waals surface area contributed by atoms with Gasteiger partial charge in [0.05, 0.1) is 0 Å². The maximum atomic E-state index is 11.9. The molecule has 16 heavy (non-hydrogen) atoms. The number of thioether (sulfide) groups is 1. The molecule has 0 heterocycles. The summed E-state index contributed by atoms with van der Waals surface area (Å²) in [6.07, 6.45) is -4.91. The smallest absolute Gasteiger partial charge is 0.327 e. The van der Waals surface area contributed by atoms with E-state index in [1.54, 1.807) is 0 Å². The molecule has 0 aliphatic heterocycles. The zero-order valence-corrected chi connectivity index (χ0v) is 9.52. The van der Waals surface area contributed by atoms with E-state index in [1.807, 2.05) is 30.3 Å². The molecule has 0 amide bonds. The minimum atomic E-state index is -4.10. The number of alkyl halides is 3. The van der Waals surface area contributed by atoms with Crippen molar-refractivity contribution in [2.24, 2.45) is 5.73 Å². The molecule has 0 saturated heterocycles. The Kier molecular flexibility index (Phi) is 5.15. The van der Waals surface area contributed by atoms with Crippen LogP contribution in [0.3, 0.4) is 0 Å². The van der Waals surface area contributed by atoms with E-state index in [2.05, 4.69) is 0 Å². The van der Waals surface area contributed by atoms with Gasteiger partial charge in [0.15, 0.2) is 0 Å². The van der Waals surface area contributed by atoms with Crippen molar-refractivity contribution in [3.05, 3.63) is 30.3 Å². The molecule has 90 valence electrons. The van der Waals surface area contributed by atoms with Gasteiger partial charge in [-0.3, -0.25) is 0 Å². The van der Waals surface area contributed by atoms with Gasteiger partial charge >= 0.3 is 6.18 Å². The molecule has 0 aliphatic rings. The van der Waals surface area contributed by atoms with Crippen molar-refractivity contribution in [2.75, 3.05) is 5.75 Å². The summed E-state index contributed by atoms with van der Waals surface area (Å²) in [5, 5.41) is 0. The number of halogens is 3. The van der Waals surface area contributed by atoms with Crippen molar-refractivity contribution < 1.29 is 13.2 Å². The second-order valence-electron chi connectivity index (χ2n) is 3.54. The highest BCUT2D eigenvalue weighted by atomic mass is 32.2. The lowest BCUT2D eigenvalue weighted by Gasteiger charge is -2.12. The summed E-state index contributed by atoms with van der Waals surface area (Å²) < 4.78 is 35.8. The van der Waals surface area contributed by atoms with Crippen molar-refractivity contribution in [3.63, 3.8) is 0 Å². The topological polar surface area (TPSA) is 26.0 Å². The third-order valence-corrected chi connectivity index (χ3v) is 3.21. The predicted molar refractivity (Wildman–Crippen MR) is 60.4 cm³/mol. The summed E-state index contributed by atoms with van der Waals surface area (Å²) in [5.74, 6) is 0.514. The van der Waals surface area contributed by atoms with Crippen molar-refractivity contribution in [1.29, 1.82) is 0 Å². The van der Waals surface area contributed by atoms with Crippen LogP contribution in [0.1, 0.15) is 12.8 Å². The molecule has 1 nitrogen and oxygen atoms in total. The molecule has 0 aliphatic carbocycles. The van der Waals surface area contributed by atoms with Gasteiger partial charge in [-0.05, 0) is 18.6 Å². The molecule has 1 aromatic carbocycles. The normalized spacial score (nSPS) is 13.8. The highest BCUT2D eigenvalue weighted by molar-refractivity contribution is 7.99. The number of rotatable bonds is 5. The zero-order chi connectivity index (χ0) is 12.0. The molecule has 1 rings (SSSR count). The first-order chi connectivity index (χ1) is 7.47.